The monoisotopic (exact) mass is 281 g/mol. The van der Waals surface area contributed by atoms with E-state index in [4.69, 9.17) is 21.3 Å². The van der Waals surface area contributed by atoms with E-state index in [1.807, 2.05) is 0 Å². The Labute approximate surface area is 116 Å². The fourth-order valence-corrected chi connectivity index (χ4v) is 1.53. The van der Waals surface area contributed by atoms with Crippen molar-refractivity contribution < 1.29 is 19.4 Å². The molecular formula is C13H19N3O4. The third-order valence-electron chi connectivity index (χ3n) is 2.52. The van der Waals surface area contributed by atoms with E-state index in [0.29, 0.717) is 6.42 Å². The van der Waals surface area contributed by atoms with Crippen molar-refractivity contribution in [2.24, 2.45) is 11.5 Å². The van der Waals surface area contributed by atoms with Gasteiger partial charge in [0.2, 0.25) is 11.8 Å². The number of phenols is 1. The molecule has 110 valence electrons. The highest BCUT2D eigenvalue weighted by atomic mass is 16.5. The number of aromatic hydroxyl groups is 1. The van der Waals surface area contributed by atoms with Gasteiger partial charge in [-0.1, -0.05) is 12.1 Å². The van der Waals surface area contributed by atoms with Gasteiger partial charge in [0.1, 0.15) is 12.4 Å². The highest BCUT2D eigenvalue weighted by Gasteiger charge is 2.13. The Hall–Kier alpha value is -2.12. The van der Waals surface area contributed by atoms with E-state index in [2.05, 4.69) is 5.32 Å². The second-order valence-electron chi connectivity index (χ2n) is 4.29. The fourth-order valence-electron chi connectivity index (χ4n) is 1.53. The zero-order valence-corrected chi connectivity index (χ0v) is 11.0. The summed E-state index contributed by atoms with van der Waals surface area (Å²) < 4.78 is 4.90. The Balaban J connectivity index is 2.25. The number of rotatable bonds is 8. The second kappa shape index (κ2) is 8.13. The number of primary amides is 1. The van der Waals surface area contributed by atoms with Crippen LogP contribution >= 0.6 is 0 Å². The summed E-state index contributed by atoms with van der Waals surface area (Å²) in [4.78, 5) is 22.1. The SMILES string of the molecule is NC(=O)COCCNC(=O)[C@@H](N)Cc1ccc(O)cc1. The van der Waals surface area contributed by atoms with Crippen LogP contribution in [-0.2, 0) is 20.7 Å². The number of nitrogens with two attached hydrogens (primary N) is 2. The summed E-state index contributed by atoms with van der Waals surface area (Å²) in [5.41, 5.74) is 11.5. The predicted molar refractivity (Wildman–Crippen MR) is 72.8 cm³/mol. The molecule has 0 spiro atoms. The molecule has 6 N–H and O–H groups in total. The first-order valence-corrected chi connectivity index (χ1v) is 6.16. The number of ether oxygens (including phenoxy) is 1. The lowest BCUT2D eigenvalue weighted by molar-refractivity contribution is -0.123. The van der Waals surface area contributed by atoms with Crippen molar-refractivity contribution in [1.82, 2.24) is 5.32 Å². The first-order chi connectivity index (χ1) is 9.49. The summed E-state index contributed by atoms with van der Waals surface area (Å²) in [6.07, 6.45) is 0.369. The second-order valence-corrected chi connectivity index (χ2v) is 4.29. The lowest BCUT2D eigenvalue weighted by Gasteiger charge is -2.12. The standard InChI is InChI=1S/C13H19N3O4/c14-11(7-9-1-3-10(17)4-2-9)13(19)16-5-6-20-8-12(15)18/h1-4,11,17H,5-8,14H2,(H2,15,18)(H,16,19)/t11-/m0/s1. The van der Waals surface area contributed by atoms with Crippen LogP contribution in [0.1, 0.15) is 5.56 Å². The molecule has 0 aliphatic heterocycles. The quantitative estimate of drug-likeness (QED) is 0.449. The number of hydrogen-bond acceptors (Lipinski definition) is 5. The van der Waals surface area contributed by atoms with E-state index < -0.39 is 11.9 Å². The van der Waals surface area contributed by atoms with Gasteiger partial charge in [0, 0.05) is 6.54 Å². The fraction of sp³-hybridized carbons (Fsp3) is 0.385. The average Bonchev–Trinajstić information content (AvgIpc) is 2.40. The molecule has 1 atom stereocenters. The Bertz CT molecular complexity index is 447. The van der Waals surface area contributed by atoms with Crippen LogP contribution < -0.4 is 16.8 Å². The summed E-state index contributed by atoms with van der Waals surface area (Å²) in [5.74, 6) is -0.695. The topological polar surface area (TPSA) is 128 Å². The summed E-state index contributed by atoms with van der Waals surface area (Å²) in [5, 5.41) is 11.7. The molecule has 0 radical (unpaired) electrons. The molecule has 20 heavy (non-hydrogen) atoms. The van der Waals surface area contributed by atoms with Gasteiger partial charge in [-0.05, 0) is 24.1 Å². The molecule has 0 saturated heterocycles. The molecule has 0 aliphatic carbocycles. The van der Waals surface area contributed by atoms with Crippen molar-refractivity contribution in [3.63, 3.8) is 0 Å². The number of amides is 2. The van der Waals surface area contributed by atoms with Gasteiger partial charge in [0.05, 0.1) is 12.6 Å². The van der Waals surface area contributed by atoms with Gasteiger partial charge < -0.3 is 26.6 Å². The van der Waals surface area contributed by atoms with E-state index in [1.165, 1.54) is 12.1 Å². The van der Waals surface area contributed by atoms with Gasteiger partial charge >= 0.3 is 0 Å². The summed E-state index contributed by atoms with van der Waals surface area (Å²) in [6.45, 7) is 0.283. The van der Waals surface area contributed by atoms with E-state index in [1.54, 1.807) is 12.1 Å². The molecule has 1 aromatic rings. The van der Waals surface area contributed by atoms with Crippen LogP contribution in [0.3, 0.4) is 0 Å². The Morgan fingerprint density at radius 2 is 1.95 bits per heavy atom. The van der Waals surface area contributed by atoms with E-state index in [-0.39, 0.29) is 31.4 Å². The van der Waals surface area contributed by atoms with Gasteiger partial charge in [0.25, 0.3) is 0 Å². The normalized spacial score (nSPS) is 11.8. The van der Waals surface area contributed by atoms with Gasteiger partial charge in [-0.2, -0.15) is 0 Å². The van der Waals surface area contributed by atoms with Crippen molar-refractivity contribution in [1.29, 1.82) is 0 Å². The number of phenolic OH excluding ortho intramolecular Hbond substituents is 1. The Morgan fingerprint density at radius 3 is 2.55 bits per heavy atom. The summed E-state index contributed by atoms with van der Waals surface area (Å²) >= 11 is 0. The molecule has 0 unspecified atom stereocenters. The van der Waals surface area contributed by atoms with Crippen LogP contribution in [0.2, 0.25) is 0 Å². The van der Waals surface area contributed by atoms with Crippen LogP contribution in [0.25, 0.3) is 0 Å². The average molecular weight is 281 g/mol. The highest BCUT2D eigenvalue weighted by molar-refractivity contribution is 5.81. The molecule has 1 rings (SSSR count). The van der Waals surface area contributed by atoms with Crippen molar-refractivity contribution in [3.05, 3.63) is 29.8 Å². The maximum atomic E-state index is 11.7. The van der Waals surface area contributed by atoms with Crippen molar-refractivity contribution in [3.8, 4) is 5.75 Å². The third kappa shape index (κ3) is 6.17. The van der Waals surface area contributed by atoms with Crippen LogP contribution in [-0.4, -0.2) is 42.7 Å². The molecule has 2 amide bonds. The summed E-state index contributed by atoms with van der Waals surface area (Å²) in [6, 6.07) is 5.81. The predicted octanol–water partition coefficient (Wildman–Crippen LogP) is -1.12. The Morgan fingerprint density at radius 1 is 1.30 bits per heavy atom. The molecule has 7 heteroatoms. The third-order valence-corrected chi connectivity index (χ3v) is 2.52. The lowest BCUT2D eigenvalue weighted by Crippen LogP contribution is -2.43. The largest absolute Gasteiger partial charge is 0.508 e. The number of nitrogens with one attached hydrogen (secondary N) is 1. The number of benzene rings is 1. The number of carbonyl (C=O) groups is 2. The molecule has 0 heterocycles. The van der Waals surface area contributed by atoms with Crippen molar-refractivity contribution in [2.45, 2.75) is 12.5 Å². The first kappa shape index (κ1) is 15.9. The Kier molecular flexibility index (Phi) is 6.48. The number of hydrogen-bond donors (Lipinski definition) is 4. The molecule has 0 aromatic heterocycles. The molecule has 0 bridgehead atoms. The molecular weight excluding hydrogens is 262 g/mol. The van der Waals surface area contributed by atoms with E-state index in [9.17, 15) is 9.59 Å². The minimum atomic E-state index is -0.685. The zero-order valence-electron chi connectivity index (χ0n) is 11.0. The molecule has 0 fully saturated rings. The van der Waals surface area contributed by atoms with Crippen LogP contribution in [0.4, 0.5) is 0 Å². The number of carbonyl (C=O) groups excluding carboxylic acids is 2. The molecule has 1 aromatic carbocycles. The van der Waals surface area contributed by atoms with Gasteiger partial charge in [-0.25, -0.2) is 0 Å². The van der Waals surface area contributed by atoms with Gasteiger partial charge in [-0.3, -0.25) is 9.59 Å². The van der Waals surface area contributed by atoms with Crippen LogP contribution in [0.15, 0.2) is 24.3 Å². The maximum Gasteiger partial charge on any atom is 0.243 e. The minimum Gasteiger partial charge on any atom is -0.508 e. The van der Waals surface area contributed by atoms with Crippen molar-refractivity contribution >= 4 is 11.8 Å². The first-order valence-electron chi connectivity index (χ1n) is 6.16. The smallest absolute Gasteiger partial charge is 0.243 e. The van der Waals surface area contributed by atoms with Crippen LogP contribution in [0, 0.1) is 0 Å². The highest BCUT2D eigenvalue weighted by Crippen LogP contribution is 2.10. The van der Waals surface area contributed by atoms with Gasteiger partial charge in [-0.15, -0.1) is 0 Å². The van der Waals surface area contributed by atoms with Crippen molar-refractivity contribution in [2.75, 3.05) is 19.8 Å². The van der Waals surface area contributed by atoms with E-state index in [0.717, 1.165) is 5.56 Å². The van der Waals surface area contributed by atoms with E-state index >= 15 is 0 Å². The summed E-state index contributed by atoms with van der Waals surface area (Å²) in [7, 11) is 0. The minimum absolute atomic E-state index is 0.165. The lowest BCUT2D eigenvalue weighted by atomic mass is 10.1. The maximum absolute atomic E-state index is 11.7. The van der Waals surface area contributed by atoms with Crippen LogP contribution in [0.5, 0.6) is 5.75 Å². The molecule has 0 saturated carbocycles. The molecule has 7 nitrogen and oxygen atoms in total. The van der Waals surface area contributed by atoms with Gasteiger partial charge in [0.15, 0.2) is 0 Å². The zero-order chi connectivity index (χ0) is 15.0. The molecule has 0 aliphatic rings.